The van der Waals surface area contributed by atoms with Gasteiger partial charge in [-0.1, -0.05) is 0 Å². The highest BCUT2D eigenvalue weighted by Gasteiger charge is 2.31. The first kappa shape index (κ1) is 23.0. The molecule has 11 heteroatoms. The van der Waals surface area contributed by atoms with Gasteiger partial charge in [-0.2, -0.15) is 13.2 Å². The van der Waals surface area contributed by atoms with Crippen LogP contribution in [0.2, 0.25) is 0 Å². The molecule has 0 bridgehead atoms. The second-order valence-electron chi connectivity index (χ2n) is 7.27. The highest BCUT2D eigenvalue weighted by atomic mass is 19.4. The summed E-state index contributed by atoms with van der Waals surface area (Å²) in [5, 5.41) is 5.52. The van der Waals surface area contributed by atoms with Gasteiger partial charge in [0.15, 0.2) is 0 Å². The van der Waals surface area contributed by atoms with E-state index >= 15 is 0 Å². The summed E-state index contributed by atoms with van der Waals surface area (Å²) >= 11 is 0. The van der Waals surface area contributed by atoms with Gasteiger partial charge in [0.25, 0.3) is 0 Å². The van der Waals surface area contributed by atoms with Crippen molar-refractivity contribution in [1.29, 1.82) is 0 Å². The van der Waals surface area contributed by atoms with Crippen LogP contribution in [0.3, 0.4) is 0 Å². The van der Waals surface area contributed by atoms with Crippen LogP contribution in [0.5, 0.6) is 11.5 Å². The van der Waals surface area contributed by atoms with E-state index in [0.29, 0.717) is 35.0 Å². The van der Waals surface area contributed by atoms with Gasteiger partial charge in [-0.25, -0.2) is 18.6 Å². The van der Waals surface area contributed by atoms with Crippen molar-refractivity contribution in [3.63, 3.8) is 0 Å². The van der Waals surface area contributed by atoms with E-state index in [4.69, 9.17) is 4.74 Å². The van der Waals surface area contributed by atoms with E-state index in [1.54, 1.807) is 42.7 Å². The van der Waals surface area contributed by atoms with Gasteiger partial charge in [-0.15, -0.1) is 0 Å². The molecule has 0 spiro atoms. The van der Waals surface area contributed by atoms with Crippen molar-refractivity contribution in [2.24, 2.45) is 0 Å². The van der Waals surface area contributed by atoms with Gasteiger partial charge in [0.05, 0.1) is 10.9 Å². The summed E-state index contributed by atoms with van der Waals surface area (Å²) in [6.07, 6.45) is -5.12. The number of nitrogens with one attached hydrogen (secondary N) is 3. The average molecular weight is 476 g/mol. The Morgan fingerprint density at radius 1 is 1.00 bits per heavy atom. The number of aromatic nitrogens is 2. The number of anilines is 2. The first-order valence-corrected chi connectivity index (χ1v) is 9.95. The molecule has 0 saturated carbocycles. The molecule has 176 valence electrons. The number of halogens is 5. The number of ether oxygens (including phenoxy) is 1. The fourth-order valence-corrected chi connectivity index (χ4v) is 3.28. The third kappa shape index (κ3) is 5.61. The van der Waals surface area contributed by atoms with Crippen LogP contribution >= 0.6 is 0 Å². The number of urea groups is 1. The summed E-state index contributed by atoms with van der Waals surface area (Å²) in [6.45, 7) is 0. The number of carbonyl (C=O) groups excluding carboxylic acids is 1. The molecule has 0 radical (unpaired) electrons. The molecule has 2 aromatic carbocycles. The third-order valence-electron chi connectivity index (χ3n) is 4.73. The topological polar surface area (TPSA) is 79.0 Å². The Hall–Kier alpha value is -4.15. The van der Waals surface area contributed by atoms with Gasteiger partial charge in [0.2, 0.25) is 6.43 Å². The molecule has 0 saturated heterocycles. The second kappa shape index (κ2) is 9.38. The van der Waals surface area contributed by atoms with Crippen LogP contribution in [0.4, 0.5) is 38.1 Å². The average Bonchev–Trinajstić information content (AvgIpc) is 3.24. The highest BCUT2D eigenvalue weighted by Crippen LogP contribution is 2.33. The summed E-state index contributed by atoms with van der Waals surface area (Å²) in [5.74, 6) is 1.06. The molecule has 4 aromatic rings. The number of fused-ring (bicyclic) bond motifs is 1. The molecule has 2 aromatic heterocycles. The number of benzene rings is 2. The fourth-order valence-electron chi connectivity index (χ4n) is 3.28. The molecule has 6 nitrogen and oxygen atoms in total. The Morgan fingerprint density at radius 3 is 2.44 bits per heavy atom. The minimum absolute atomic E-state index is 0.241. The lowest BCUT2D eigenvalue weighted by Crippen LogP contribution is -2.20. The Labute approximate surface area is 189 Å². The number of nitrogens with zero attached hydrogens (tertiary/aromatic N) is 1. The zero-order valence-electron chi connectivity index (χ0n) is 17.3. The van der Waals surface area contributed by atoms with Gasteiger partial charge in [0, 0.05) is 30.2 Å². The Bertz CT molecular complexity index is 1300. The molecule has 4 rings (SSSR count). The molecule has 0 aliphatic rings. The first-order valence-electron chi connectivity index (χ1n) is 9.95. The van der Waals surface area contributed by atoms with E-state index in [1.807, 2.05) is 6.07 Å². The smallest absolute Gasteiger partial charge is 0.416 e. The predicted molar refractivity (Wildman–Crippen MR) is 116 cm³/mol. The van der Waals surface area contributed by atoms with Gasteiger partial charge in [-0.3, -0.25) is 0 Å². The minimum atomic E-state index is -4.75. The van der Waals surface area contributed by atoms with Crippen molar-refractivity contribution < 1.29 is 31.5 Å². The molecule has 2 heterocycles. The van der Waals surface area contributed by atoms with Crippen LogP contribution in [-0.4, -0.2) is 22.4 Å². The summed E-state index contributed by atoms with van der Waals surface area (Å²) in [6, 6.07) is 11.4. The Kier molecular flexibility index (Phi) is 6.35. The van der Waals surface area contributed by atoms with E-state index in [-0.39, 0.29) is 11.3 Å². The maximum atomic E-state index is 13.1. The van der Waals surface area contributed by atoms with Gasteiger partial charge < -0.3 is 20.4 Å². The van der Waals surface area contributed by atoms with Crippen LogP contribution in [0.1, 0.15) is 11.1 Å². The molecule has 0 fully saturated rings. The van der Waals surface area contributed by atoms with E-state index in [1.165, 1.54) is 0 Å². The number of hydrogen-bond donors (Lipinski definition) is 3. The molecule has 0 atom stereocenters. The van der Waals surface area contributed by atoms with E-state index in [0.717, 1.165) is 11.5 Å². The number of amides is 2. The lowest BCUT2D eigenvalue weighted by molar-refractivity contribution is -0.137. The zero-order chi connectivity index (χ0) is 24.3. The van der Waals surface area contributed by atoms with E-state index in [9.17, 15) is 26.7 Å². The largest absolute Gasteiger partial charge is 0.457 e. The number of hydrogen-bond acceptors (Lipinski definition) is 3. The number of alkyl halides is 5. The van der Waals surface area contributed by atoms with E-state index < -0.39 is 30.6 Å². The third-order valence-corrected chi connectivity index (χ3v) is 4.73. The molecule has 2 amide bonds. The van der Waals surface area contributed by atoms with Gasteiger partial charge >= 0.3 is 12.2 Å². The molecule has 0 aliphatic carbocycles. The number of aromatic amines is 1. The normalized spacial score (nSPS) is 11.6. The van der Waals surface area contributed by atoms with Crippen LogP contribution < -0.4 is 15.4 Å². The van der Waals surface area contributed by atoms with Crippen molar-refractivity contribution >= 4 is 28.4 Å². The van der Waals surface area contributed by atoms with Crippen molar-refractivity contribution in [1.82, 2.24) is 9.97 Å². The number of carbonyl (C=O) groups is 1. The molecule has 34 heavy (non-hydrogen) atoms. The predicted octanol–water partition coefficient (Wildman–Crippen LogP) is 6.83. The van der Waals surface area contributed by atoms with Crippen LogP contribution in [0.15, 0.2) is 67.0 Å². The minimum Gasteiger partial charge on any atom is -0.457 e. The van der Waals surface area contributed by atoms with E-state index in [2.05, 4.69) is 20.6 Å². The SMILES string of the molecule is O=C(Nc1ccc(Oc2ccnc3[nH]ccc23)cc1)Nc1cc(CC(F)F)cc(C(F)(F)F)c1. The van der Waals surface area contributed by atoms with Crippen LogP contribution in [-0.2, 0) is 12.6 Å². The monoisotopic (exact) mass is 476 g/mol. The fraction of sp³-hybridized carbons (Fsp3) is 0.130. The molecular weight excluding hydrogens is 459 g/mol. The van der Waals surface area contributed by atoms with Crippen molar-refractivity contribution in [2.75, 3.05) is 10.6 Å². The van der Waals surface area contributed by atoms with Crippen molar-refractivity contribution in [3.05, 3.63) is 78.1 Å². The summed E-state index contributed by atoms with van der Waals surface area (Å²) in [7, 11) is 0. The summed E-state index contributed by atoms with van der Waals surface area (Å²) in [4.78, 5) is 19.4. The molecule has 3 N–H and O–H groups in total. The summed E-state index contributed by atoms with van der Waals surface area (Å²) in [5.41, 5.74) is -0.620. The van der Waals surface area contributed by atoms with Gasteiger partial charge in [-0.05, 0) is 60.2 Å². The first-order chi connectivity index (χ1) is 16.2. The molecule has 0 unspecified atom stereocenters. The van der Waals surface area contributed by atoms with Crippen LogP contribution in [0.25, 0.3) is 11.0 Å². The number of rotatable bonds is 6. The standard InChI is InChI=1S/C23H17F5N4O2/c24-20(25)11-13-9-14(23(26,27)28)12-16(10-13)32-22(33)31-15-1-3-17(4-2-15)34-19-6-8-30-21-18(19)5-7-29-21/h1-10,12,20H,11H2,(H,29,30)(H2,31,32,33). The number of H-pyrrole nitrogens is 1. The van der Waals surface area contributed by atoms with Crippen molar-refractivity contribution in [2.45, 2.75) is 19.0 Å². The lowest BCUT2D eigenvalue weighted by Gasteiger charge is -2.14. The zero-order valence-corrected chi connectivity index (χ0v) is 17.3. The quantitative estimate of drug-likeness (QED) is 0.267. The van der Waals surface area contributed by atoms with Gasteiger partial charge in [0.1, 0.15) is 17.1 Å². The second-order valence-corrected chi connectivity index (χ2v) is 7.27. The highest BCUT2D eigenvalue weighted by molar-refractivity contribution is 5.99. The molecule has 0 aliphatic heterocycles. The van der Waals surface area contributed by atoms with Crippen molar-refractivity contribution in [3.8, 4) is 11.5 Å². The molecular formula is C23H17F5N4O2. The Morgan fingerprint density at radius 2 is 1.74 bits per heavy atom. The lowest BCUT2D eigenvalue weighted by atomic mass is 10.1. The van der Waals surface area contributed by atoms with Crippen LogP contribution in [0, 0.1) is 0 Å². The maximum Gasteiger partial charge on any atom is 0.416 e. The Balaban J connectivity index is 1.43. The number of pyridine rings is 1. The summed E-state index contributed by atoms with van der Waals surface area (Å²) < 4.78 is 70.5. The maximum absolute atomic E-state index is 13.1.